The van der Waals surface area contributed by atoms with E-state index in [-0.39, 0.29) is 5.69 Å². The topological polar surface area (TPSA) is 71.3 Å². The molecule has 0 amide bonds. The molecule has 0 spiro atoms. The van der Waals surface area contributed by atoms with Gasteiger partial charge in [0.2, 0.25) is 0 Å². The van der Waals surface area contributed by atoms with Crippen LogP contribution in [0, 0.1) is 10.1 Å². The lowest BCUT2D eigenvalue weighted by Gasteiger charge is -2.28. The first kappa shape index (κ1) is 13.0. The molecule has 0 aromatic carbocycles. The first-order valence-electron chi connectivity index (χ1n) is 5.90. The van der Waals surface area contributed by atoms with E-state index in [0.29, 0.717) is 16.9 Å². The molecule has 98 valence electrons. The van der Waals surface area contributed by atoms with Gasteiger partial charge in [-0.2, -0.15) is 0 Å². The third kappa shape index (κ3) is 2.54. The normalized spacial score (nSPS) is 18.9. The first-order valence-corrected chi connectivity index (χ1v) is 6.28. The quantitative estimate of drug-likeness (QED) is 0.668. The number of anilines is 1. The van der Waals surface area contributed by atoms with Crippen molar-refractivity contribution < 1.29 is 4.92 Å². The van der Waals surface area contributed by atoms with Crippen LogP contribution >= 0.6 is 11.6 Å². The van der Waals surface area contributed by atoms with Gasteiger partial charge >= 0.3 is 0 Å². The summed E-state index contributed by atoms with van der Waals surface area (Å²) in [5.41, 5.74) is -0.0793. The van der Waals surface area contributed by atoms with Crippen LogP contribution in [-0.2, 0) is 0 Å². The summed E-state index contributed by atoms with van der Waals surface area (Å²) in [6, 6.07) is 1.70. The van der Waals surface area contributed by atoms with Gasteiger partial charge in [0.15, 0.2) is 0 Å². The summed E-state index contributed by atoms with van der Waals surface area (Å²) in [5.74, 6) is 0.624. The number of rotatable bonds is 4. The maximum Gasteiger partial charge on any atom is 0.289 e. The molecule has 6 nitrogen and oxygen atoms in total. The van der Waals surface area contributed by atoms with Crippen molar-refractivity contribution in [1.29, 1.82) is 0 Å². The van der Waals surface area contributed by atoms with E-state index in [9.17, 15) is 10.1 Å². The number of hydrogen-bond acceptors (Lipinski definition) is 5. The Morgan fingerprint density at radius 2 is 2.50 bits per heavy atom. The van der Waals surface area contributed by atoms with Crippen molar-refractivity contribution in [3.05, 3.63) is 27.4 Å². The number of hydrogen-bond donors (Lipinski definition) is 1. The molecule has 1 atom stereocenters. The molecule has 1 aromatic rings. The fraction of sp³-hybridized carbons (Fsp3) is 0.545. The highest BCUT2D eigenvalue weighted by Crippen LogP contribution is 2.29. The Labute approximate surface area is 110 Å². The van der Waals surface area contributed by atoms with E-state index in [2.05, 4.69) is 15.2 Å². The fourth-order valence-electron chi connectivity index (χ4n) is 2.22. The average Bonchev–Trinajstić information content (AvgIpc) is 2.85. The number of nitrogens with zero attached hydrogens (tertiary/aromatic N) is 3. The predicted octanol–water partition coefficient (Wildman–Crippen LogP) is 1.83. The standard InChI is InChI=1S/C11H15ClN4O2/c1-2-15(8-3-4-13-6-8)11-10(12)5-9(7-14-11)16(17)18/h5,7-8,13H,2-4,6H2,1H3. The zero-order valence-corrected chi connectivity index (χ0v) is 10.9. The summed E-state index contributed by atoms with van der Waals surface area (Å²) in [6.07, 6.45) is 2.29. The Balaban J connectivity index is 2.27. The van der Waals surface area contributed by atoms with Crippen molar-refractivity contribution in [3.63, 3.8) is 0 Å². The zero-order valence-electron chi connectivity index (χ0n) is 10.1. The lowest BCUT2D eigenvalue weighted by molar-refractivity contribution is -0.385. The highest BCUT2D eigenvalue weighted by atomic mass is 35.5. The zero-order chi connectivity index (χ0) is 13.1. The van der Waals surface area contributed by atoms with Crippen LogP contribution in [0.5, 0.6) is 0 Å². The SMILES string of the molecule is CCN(c1ncc([N+](=O)[O-])cc1Cl)C1CCNC1. The van der Waals surface area contributed by atoms with Crippen LogP contribution in [0.2, 0.25) is 5.02 Å². The molecule has 1 fully saturated rings. The third-order valence-corrected chi connectivity index (χ3v) is 3.38. The smallest absolute Gasteiger partial charge is 0.289 e. The maximum atomic E-state index is 10.6. The predicted molar refractivity (Wildman–Crippen MR) is 70.2 cm³/mol. The molecule has 2 heterocycles. The molecular weight excluding hydrogens is 256 g/mol. The van der Waals surface area contributed by atoms with Gasteiger partial charge < -0.3 is 10.2 Å². The van der Waals surface area contributed by atoms with Crippen LogP contribution in [0.25, 0.3) is 0 Å². The van der Waals surface area contributed by atoms with Crippen molar-refractivity contribution in [2.75, 3.05) is 24.5 Å². The molecule has 1 aliphatic heterocycles. The molecule has 1 N–H and O–H groups in total. The van der Waals surface area contributed by atoms with Crippen LogP contribution in [0.15, 0.2) is 12.3 Å². The summed E-state index contributed by atoms with van der Waals surface area (Å²) in [5, 5.41) is 14.3. The Morgan fingerprint density at radius 1 is 1.72 bits per heavy atom. The number of halogens is 1. The number of nitrogens with one attached hydrogen (secondary N) is 1. The molecular formula is C11H15ClN4O2. The number of nitro groups is 1. The Bertz CT molecular complexity index is 449. The minimum atomic E-state index is -0.490. The van der Waals surface area contributed by atoms with Crippen LogP contribution in [-0.4, -0.2) is 35.6 Å². The third-order valence-electron chi connectivity index (χ3n) is 3.11. The molecule has 1 saturated heterocycles. The number of likely N-dealkylation sites (N-methyl/N-ethyl adjacent to an activating group) is 1. The van der Waals surface area contributed by atoms with E-state index in [0.717, 1.165) is 26.1 Å². The highest BCUT2D eigenvalue weighted by Gasteiger charge is 2.24. The fourth-order valence-corrected chi connectivity index (χ4v) is 2.49. The van der Waals surface area contributed by atoms with Gasteiger partial charge in [-0.15, -0.1) is 0 Å². The van der Waals surface area contributed by atoms with Crippen molar-refractivity contribution in [1.82, 2.24) is 10.3 Å². The average molecular weight is 271 g/mol. The molecule has 0 aliphatic carbocycles. The minimum Gasteiger partial charge on any atom is -0.351 e. The molecule has 1 unspecified atom stereocenters. The van der Waals surface area contributed by atoms with E-state index >= 15 is 0 Å². The number of pyridine rings is 1. The largest absolute Gasteiger partial charge is 0.351 e. The molecule has 0 radical (unpaired) electrons. The molecule has 18 heavy (non-hydrogen) atoms. The van der Waals surface area contributed by atoms with Crippen molar-refractivity contribution >= 4 is 23.1 Å². The van der Waals surface area contributed by atoms with E-state index in [1.165, 1.54) is 12.3 Å². The van der Waals surface area contributed by atoms with Crippen molar-refractivity contribution in [2.24, 2.45) is 0 Å². The van der Waals surface area contributed by atoms with Crippen molar-refractivity contribution in [2.45, 2.75) is 19.4 Å². The van der Waals surface area contributed by atoms with Crippen LogP contribution < -0.4 is 10.2 Å². The Kier molecular flexibility index (Phi) is 3.98. The van der Waals surface area contributed by atoms with Gasteiger partial charge in [0, 0.05) is 25.2 Å². The van der Waals surface area contributed by atoms with Crippen LogP contribution in [0.1, 0.15) is 13.3 Å². The second-order valence-electron chi connectivity index (χ2n) is 4.19. The van der Waals surface area contributed by atoms with Gasteiger partial charge in [-0.1, -0.05) is 11.6 Å². The molecule has 2 rings (SSSR count). The Morgan fingerprint density at radius 3 is 3.00 bits per heavy atom. The second kappa shape index (κ2) is 5.49. The summed E-state index contributed by atoms with van der Waals surface area (Å²) < 4.78 is 0. The van der Waals surface area contributed by atoms with Gasteiger partial charge in [-0.05, 0) is 19.9 Å². The highest BCUT2D eigenvalue weighted by molar-refractivity contribution is 6.33. The minimum absolute atomic E-state index is 0.0793. The summed E-state index contributed by atoms with van der Waals surface area (Å²) in [6.45, 7) is 4.67. The lowest BCUT2D eigenvalue weighted by Crippen LogP contribution is -2.37. The van der Waals surface area contributed by atoms with E-state index in [1.807, 2.05) is 6.92 Å². The van der Waals surface area contributed by atoms with Gasteiger partial charge in [0.05, 0.1) is 9.95 Å². The Hall–Kier alpha value is -1.40. The van der Waals surface area contributed by atoms with E-state index in [4.69, 9.17) is 11.6 Å². The van der Waals surface area contributed by atoms with Gasteiger partial charge in [0.25, 0.3) is 5.69 Å². The molecule has 0 bridgehead atoms. The summed E-state index contributed by atoms with van der Waals surface area (Å²) >= 11 is 6.10. The second-order valence-corrected chi connectivity index (χ2v) is 4.60. The monoisotopic (exact) mass is 270 g/mol. The molecule has 1 aromatic heterocycles. The van der Waals surface area contributed by atoms with Crippen molar-refractivity contribution in [3.8, 4) is 0 Å². The lowest BCUT2D eigenvalue weighted by atomic mass is 10.2. The van der Waals surface area contributed by atoms with Crippen LogP contribution in [0.4, 0.5) is 11.5 Å². The molecule has 1 aliphatic rings. The maximum absolute atomic E-state index is 10.6. The van der Waals surface area contributed by atoms with Crippen LogP contribution in [0.3, 0.4) is 0 Å². The van der Waals surface area contributed by atoms with Gasteiger partial charge in [-0.25, -0.2) is 4.98 Å². The summed E-state index contributed by atoms with van der Waals surface area (Å²) in [4.78, 5) is 16.4. The van der Waals surface area contributed by atoms with Gasteiger partial charge in [0.1, 0.15) is 12.0 Å². The van der Waals surface area contributed by atoms with E-state index < -0.39 is 4.92 Å². The van der Waals surface area contributed by atoms with E-state index in [1.54, 1.807) is 0 Å². The van der Waals surface area contributed by atoms with Gasteiger partial charge in [-0.3, -0.25) is 10.1 Å². The summed E-state index contributed by atoms with van der Waals surface area (Å²) in [7, 11) is 0. The number of aromatic nitrogens is 1. The molecule has 0 saturated carbocycles. The molecule has 7 heteroatoms. The first-order chi connectivity index (χ1) is 8.63.